The van der Waals surface area contributed by atoms with Gasteiger partial charge in [0.25, 0.3) is 0 Å². The highest BCUT2D eigenvalue weighted by molar-refractivity contribution is 7.99. The van der Waals surface area contributed by atoms with Gasteiger partial charge in [-0.05, 0) is 24.3 Å². The van der Waals surface area contributed by atoms with Crippen molar-refractivity contribution in [3.63, 3.8) is 0 Å². The highest BCUT2D eigenvalue weighted by Crippen LogP contribution is 2.36. The molecule has 1 fully saturated rings. The number of hydrogen-bond donors (Lipinski definition) is 1. The van der Waals surface area contributed by atoms with E-state index in [0.29, 0.717) is 12.4 Å². The molecule has 1 aliphatic rings. The van der Waals surface area contributed by atoms with Gasteiger partial charge in [0.15, 0.2) is 5.82 Å². The van der Waals surface area contributed by atoms with Crippen LogP contribution in [0.4, 0.5) is 0 Å². The number of aromatic nitrogens is 2. The molecule has 0 aliphatic carbocycles. The maximum Gasteiger partial charge on any atom is 0.232 e. The van der Waals surface area contributed by atoms with Crippen molar-refractivity contribution in [1.82, 2.24) is 10.1 Å². The summed E-state index contributed by atoms with van der Waals surface area (Å²) in [5, 5.41) is 3.84. The quantitative estimate of drug-likeness (QED) is 0.802. The standard InChI is InChI=1S/C9H15N3OS/c1-9(2-4-14-5-3-9)8-11-7(6-10)12-13-8/h2-6,10H2,1H3. The van der Waals surface area contributed by atoms with Gasteiger partial charge in [0.1, 0.15) is 0 Å². The van der Waals surface area contributed by atoms with Crippen molar-refractivity contribution in [2.75, 3.05) is 11.5 Å². The van der Waals surface area contributed by atoms with E-state index in [2.05, 4.69) is 17.1 Å². The molecule has 0 atom stereocenters. The molecule has 0 spiro atoms. The van der Waals surface area contributed by atoms with Crippen molar-refractivity contribution in [2.45, 2.75) is 31.7 Å². The first-order valence-electron chi connectivity index (χ1n) is 4.85. The van der Waals surface area contributed by atoms with Crippen LogP contribution >= 0.6 is 11.8 Å². The fourth-order valence-corrected chi connectivity index (χ4v) is 3.01. The van der Waals surface area contributed by atoms with Crippen LogP contribution in [0.25, 0.3) is 0 Å². The molecule has 0 saturated carbocycles. The van der Waals surface area contributed by atoms with E-state index in [4.69, 9.17) is 10.3 Å². The van der Waals surface area contributed by atoms with E-state index in [0.717, 1.165) is 18.7 Å². The van der Waals surface area contributed by atoms with E-state index in [9.17, 15) is 0 Å². The summed E-state index contributed by atoms with van der Waals surface area (Å²) in [5.74, 6) is 3.73. The Bertz CT molecular complexity index is 307. The Balaban J connectivity index is 2.19. The molecule has 0 amide bonds. The van der Waals surface area contributed by atoms with Crippen LogP contribution < -0.4 is 5.73 Å². The van der Waals surface area contributed by atoms with Crippen molar-refractivity contribution < 1.29 is 4.52 Å². The fraction of sp³-hybridized carbons (Fsp3) is 0.778. The molecule has 0 bridgehead atoms. The third kappa shape index (κ3) is 1.79. The van der Waals surface area contributed by atoms with Crippen LogP contribution in [0.15, 0.2) is 4.52 Å². The number of thioether (sulfide) groups is 1. The Morgan fingerprint density at radius 3 is 2.79 bits per heavy atom. The lowest BCUT2D eigenvalue weighted by atomic mass is 9.84. The first-order valence-corrected chi connectivity index (χ1v) is 6.01. The Labute approximate surface area is 87.6 Å². The van der Waals surface area contributed by atoms with Gasteiger partial charge in [-0.15, -0.1) is 0 Å². The average Bonchev–Trinajstić information content (AvgIpc) is 2.67. The van der Waals surface area contributed by atoms with Crippen LogP contribution in [0, 0.1) is 0 Å². The SMILES string of the molecule is CC1(c2nc(CN)no2)CCSCC1. The largest absolute Gasteiger partial charge is 0.339 e. The summed E-state index contributed by atoms with van der Waals surface area (Å²) in [6, 6.07) is 0. The van der Waals surface area contributed by atoms with Gasteiger partial charge in [-0.3, -0.25) is 0 Å². The lowest BCUT2D eigenvalue weighted by Gasteiger charge is -2.29. The summed E-state index contributed by atoms with van der Waals surface area (Å²) in [6.45, 7) is 2.55. The molecule has 2 heterocycles. The maximum atomic E-state index is 5.45. The lowest BCUT2D eigenvalue weighted by molar-refractivity contribution is 0.277. The van der Waals surface area contributed by atoms with E-state index < -0.39 is 0 Å². The molecule has 4 nitrogen and oxygen atoms in total. The molecule has 0 radical (unpaired) electrons. The molecule has 0 unspecified atom stereocenters. The molecule has 78 valence electrons. The van der Waals surface area contributed by atoms with Gasteiger partial charge < -0.3 is 10.3 Å². The van der Waals surface area contributed by atoms with Gasteiger partial charge in [-0.25, -0.2) is 0 Å². The van der Waals surface area contributed by atoms with Crippen molar-refractivity contribution in [2.24, 2.45) is 5.73 Å². The van der Waals surface area contributed by atoms with Crippen LogP contribution in [0.3, 0.4) is 0 Å². The van der Waals surface area contributed by atoms with Crippen LogP contribution in [-0.2, 0) is 12.0 Å². The van der Waals surface area contributed by atoms with E-state index in [1.54, 1.807) is 0 Å². The number of hydrogen-bond acceptors (Lipinski definition) is 5. The summed E-state index contributed by atoms with van der Waals surface area (Å²) >= 11 is 1.99. The Kier molecular flexibility index (Phi) is 2.78. The van der Waals surface area contributed by atoms with Gasteiger partial charge in [-0.2, -0.15) is 16.7 Å². The molecule has 2 rings (SSSR count). The monoisotopic (exact) mass is 213 g/mol. The third-order valence-corrected chi connectivity index (χ3v) is 3.75. The highest BCUT2D eigenvalue weighted by Gasteiger charge is 2.34. The second-order valence-electron chi connectivity index (χ2n) is 3.89. The zero-order valence-corrected chi connectivity index (χ0v) is 9.14. The van der Waals surface area contributed by atoms with Crippen LogP contribution in [0.5, 0.6) is 0 Å². The van der Waals surface area contributed by atoms with Crippen molar-refractivity contribution in [3.8, 4) is 0 Å². The number of nitrogens with zero attached hydrogens (tertiary/aromatic N) is 2. The molecular formula is C9H15N3OS. The third-order valence-electron chi connectivity index (χ3n) is 2.76. The molecule has 1 aliphatic heterocycles. The Morgan fingerprint density at radius 1 is 1.50 bits per heavy atom. The van der Waals surface area contributed by atoms with Gasteiger partial charge in [0.2, 0.25) is 5.89 Å². The summed E-state index contributed by atoms with van der Waals surface area (Å²) < 4.78 is 5.25. The molecule has 0 aromatic carbocycles. The predicted molar refractivity (Wildman–Crippen MR) is 56.1 cm³/mol. The molecule has 14 heavy (non-hydrogen) atoms. The highest BCUT2D eigenvalue weighted by atomic mass is 32.2. The molecule has 1 saturated heterocycles. The molecule has 1 aromatic rings. The Hall–Kier alpha value is -0.550. The first kappa shape index (κ1) is 9.98. The van der Waals surface area contributed by atoms with E-state index in [1.807, 2.05) is 11.8 Å². The van der Waals surface area contributed by atoms with Gasteiger partial charge in [0, 0.05) is 5.41 Å². The molecular weight excluding hydrogens is 198 g/mol. The second kappa shape index (κ2) is 3.90. The summed E-state index contributed by atoms with van der Waals surface area (Å²) in [7, 11) is 0. The molecule has 5 heteroatoms. The Morgan fingerprint density at radius 2 is 2.21 bits per heavy atom. The minimum Gasteiger partial charge on any atom is -0.339 e. The minimum atomic E-state index is 0.0751. The predicted octanol–water partition coefficient (Wildman–Crippen LogP) is 1.31. The molecule has 1 aromatic heterocycles. The zero-order valence-electron chi connectivity index (χ0n) is 8.32. The van der Waals surface area contributed by atoms with Crippen molar-refractivity contribution in [1.29, 1.82) is 0 Å². The van der Waals surface area contributed by atoms with E-state index in [-0.39, 0.29) is 5.41 Å². The topological polar surface area (TPSA) is 64.9 Å². The van der Waals surface area contributed by atoms with E-state index in [1.165, 1.54) is 11.5 Å². The van der Waals surface area contributed by atoms with Crippen LogP contribution in [0.1, 0.15) is 31.5 Å². The van der Waals surface area contributed by atoms with Crippen LogP contribution in [0.2, 0.25) is 0 Å². The smallest absolute Gasteiger partial charge is 0.232 e. The molecule has 2 N–H and O–H groups in total. The second-order valence-corrected chi connectivity index (χ2v) is 5.12. The summed E-state index contributed by atoms with van der Waals surface area (Å²) in [5.41, 5.74) is 5.52. The minimum absolute atomic E-state index is 0.0751. The van der Waals surface area contributed by atoms with E-state index >= 15 is 0 Å². The normalized spacial score (nSPS) is 21.0. The zero-order chi connectivity index (χ0) is 10.0. The number of nitrogens with two attached hydrogens (primary N) is 1. The fourth-order valence-electron chi connectivity index (χ4n) is 1.62. The summed E-state index contributed by atoms with van der Waals surface area (Å²) in [6.07, 6.45) is 2.23. The number of rotatable bonds is 2. The lowest BCUT2D eigenvalue weighted by Crippen LogP contribution is -2.27. The van der Waals surface area contributed by atoms with Gasteiger partial charge in [0.05, 0.1) is 6.54 Å². The first-order chi connectivity index (χ1) is 6.74. The summed E-state index contributed by atoms with van der Waals surface area (Å²) in [4.78, 5) is 4.31. The maximum absolute atomic E-state index is 5.45. The van der Waals surface area contributed by atoms with Crippen LogP contribution in [-0.4, -0.2) is 21.6 Å². The van der Waals surface area contributed by atoms with Crippen molar-refractivity contribution in [3.05, 3.63) is 11.7 Å². The average molecular weight is 213 g/mol. The van der Waals surface area contributed by atoms with Gasteiger partial charge in [-0.1, -0.05) is 12.1 Å². The van der Waals surface area contributed by atoms with Gasteiger partial charge >= 0.3 is 0 Å². The van der Waals surface area contributed by atoms with Crippen molar-refractivity contribution >= 4 is 11.8 Å².